The van der Waals surface area contributed by atoms with Gasteiger partial charge in [-0.15, -0.1) is 11.8 Å². The summed E-state index contributed by atoms with van der Waals surface area (Å²) in [7, 11) is 1.59. The predicted octanol–water partition coefficient (Wildman–Crippen LogP) is 3.97. The molecule has 2 aromatic carbocycles. The number of carbonyl (C=O) groups is 2. The van der Waals surface area contributed by atoms with E-state index < -0.39 is 0 Å². The molecule has 2 heterocycles. The quantitative estimate of drug-likeness (QED) is 0.788. The van der Waals surface area contributed by atoms with Crippen molar-refractivity contribution in [1.29, 1.82) is 0 Å². The lowest BCUT2D eigenvalue weighted by atomic mass is 10.1. The zero-order chi connectivity index (χ0) is 19.7. The predicted molar refractivity (Wildman–Crippen MR) is 112 cm³/mol. The molecule has 1 fully saturated rings. The first kappa shape index (κ1) is 18.9. The number of methoxy groups -OCH3 is 1. The summed E-state index contributed by atoms with van der Waals surface area (Å²) in [6.45, 7) is 3.26. The van der Waals surface area contributed by atoms with Gasteiger partial charge in [0.05, 0.1) is 24.4 Å². The highest BCUT2D eigenvalue weighted by Gasteiger charge is 2.39. The van der Waals surface area contributed by atoms with Gasteiger partial charge >= 0.3 is 0 Å². The smallest absolute Gasteiger partial charge is 0.232 e. The summed E-state index contributed by atoms with van der Waals surface area (Å²) >= 11 is 1.81. The Morgan fingerprint density at radius 1 is 1.11 bits per heavy atom. The van der Waals surface area contributed by atoms with Gasteiger partial charge in [0.1, 0.15) is 5.75 Å². The third-order valence-corrected chi connectivity index (χ3v) is 6.60. The van der Waals surface area contributed by atoms with Gasteiger partial charge < -0.3 is 14.5 Å². The molecule has 0 unspecified atom stereocenters. The van der Waals surface area contributed by atoms with Crippen molar-refractivity contribution in [2.75, 3.05) is 30.0 Å². The molecule has 6 heteroatoms. The number of hydrogen-bond acceptors (Lipinski definition) is 4. The molecule has 2 aliphatic rings. The number of hydrogen-bond donors (Lipinski definition) is 0. The van der Waals surface area contributed by atoms with Crippen molar-refractivity contribution in [3.63, 3.8) is 0 Å². The second-order valence-electron chi connectivity index (χ2n) is 7.25. The zero-order valence-electron chi connectivity index (χ0n) is 16.1. The van der Waals surface area contributed by atoms with Crippen LogP contribution in [0.2, 0.25) is 0 Å². The molecule has 0 saturated carbocycles. The van der Waals surface area contributed by atoms with E-state index in [9.17, 15) is 9.59 Å². The number of thioether (sulfide) groups is 1. The molecule has 2 atom stereocenters. The second kappa shape index (κ2) is 7.87. The highest BCUT2D eigenvalue weighted by molar-refractivity contribution is 8.00. The van der Waals surface area contributed by atoms with Gasteiger partial charge in [0, 0.05) is 29.7 Å². The van der Waals surface area contributed by atoms with Crippen LogP contribution in [0.3, 0.4) is 0 Å². The van der Waals surface area contributed by atoms with E-state index in [1.54, 1.807) is 12.0 Å². The summed E-state index contributed by atoms with van der Waals surface area (Å²) in [6, 6.07) is 15.5. The van der Waals surface area contributed by atoms with Crippen LogP contribution in [0.4, 0.5) is 11.4 Å². The molecule has 28 heavy (non-hydrogen) atoms. The van der Waals surface area contributed by atoms with Gasteiger partial charge in [-0.05, 0) is 30.7 Å². The zero-order valence-corrected chi connectivity index (χ0v) is 16.9. The van der Waals surface area contributed by atoms with E-state index in [-0.39, 0.29) is 24.2 Å². The maximum atomic E-state index is 13.4. The summed E-state index contributed by atoms with van der Waals surface area (Å²) in [4.78, 5) is 30.8. The first-order valence-electron chi connectivity index (χ1n) is 9.59. The molecular weight excluding hydrogens is 372 g/mol. The highest BCUT2D eigenvalue weighted by atomic mass is 32.2. The minimum atomic E-state index is -0.344. The van der Waals surface area contributed by atoms with Gasteiger partial charge in [-0.25, -0.2) is 0 Å². The Morgan fingerprint density at radius 3 is 2.61 bits per heavy atom. The SMILES string of the molecule is COc1ccccc1N1C[C@H](C(=O)N2CC[C@H](C)Sc3ccccc32)CC1=O. The summed E-state index contributed by atoms with van der Waals surface area (Å²) in [5, 5.41) is 0.453. The average molecular weight is 397 g/mol. The van der Waals surface area contributed by atoms with Gasteiger partial charge in [0.2, 0.25) is 11.8 Å². The normalized spacial score (nSPS) is 22.0. The van der Waals surface area contributed by atoms with Crippen LogP contribution in [0.5, 0.6) is 5.75 Å². The van der Waals surface area contributed by atoms with Crippen molar-refractivity contribution < 1.29 is 14.3 Å². The highest BCUT2D eigenvalue weighted by Crippen LogP contribution is 2.39. The molecule has 0 bridgehead atoms. The van der Waals surface area contributed by atoms with Gasteiger partial charge in [-0.3, -0.25) is 9.59 Å². The molecular formula is C22H24N2O3S. The van der Waals surface area contributed by atoms with Crippen LogP contribution in [0, 0.1) is 5.92 Å². The lowest BCUT2D eigenvalue weighted by Gasteiger charge is -2.25. The number of para-hydroxylation sites is 3. The summed E-state index contributed by atoms with van der Waals surface area (Å²) in [6.07, 6.45) is 1.17. The number of rotatable bonds is 3. The van der Waals surface area contributed by atoms with Crippen molar-refractivity contribution in [3.8, 4) is 5.75 Å². The molecule has 0 aliphatic carbocycles. The van der Waals surface area contributed by atoms with Gasteiger partial charge in [-0.1, -0.05) is 31.2 Å². The average Bonchev–Trinajstić information content (AvgIpc) is 3.01. The lowest BCUT2D eigenvalue weighted by molar-refractivity contribution is -0.124. The van der Waals surface area contributed by atoms with Crippen LogP contribution >= 0.6 is 11.8 Å². The van der Waals surface area contributed by atoms with E-state index in [1.807, 2.05) is 59.1 Å². The second-order valence-corrected chi connectivity index (χ2v) is 8.73. The fourth-order valence-electron chi connectivity index (χ4n) is 3.89. The summed E-state index contributed by atoms with van der Waals surface area (Å²) < 4.78 is 5.40. The molecule has 0 spiro atoms. The minimum Gasteiger partial charge on any atom is -0.495 e. The van der Waals surface area contributed by atoms with Crippen molar-refractivity contribution in [2.45, 2.75) is 29.9 Å². The Bertz CT molecular complexity index is 901. The van der Waals surface area contributed by atoms with Crippen molar-refractivity contribution in [3.05, 3.63) is 48.5 Å². The molecule has 2 aliphatic heterocycles. The fraction of sp³-hybridized carbons (Fsp3) is 0.364. The first-order valence-corrected chi connectivity index (χ1v) is 10.5. The standard InChI is InChI=1S/C22H24N2O3S/c1-15-11-12-23(18-8-4-6-10-20(18)28-15)22(26)16-13-21(25)24(14-16)17-7-3-5-9-19(17)27-2/h3-10,15-16H,11-14H2,1-2H3/t15-,16+/m0/s1. The summed E-state index contributed by atoms with van der Waals surface area (Å²) in [5.74, 6) is 0.305. The van der Waals surface area contributed by atoms with Crippen LogP contribution in [0.25, 0.3) is 0 Å². The Hall–Kier alpha value is -2.47. The summed E-state index contributed by atoms with van der Waals surface area (Å²) in [5.41, 5.74) is 1.69. The van der Waals surface area contributed by atoms with Crippen molar-refractivity contribution >= 4 is 35.0 Å². The first-order chi connectivity index (χ1) is 13.6. The van der Waals surface area contributed by atoms with E-state index >= 15 is 0 Å². The molecule has 2 aromatic rings. The maximum absolute atomic E-state index is 13.4. The van der Waals surface area contributed by atoms with Crippen molar-refractivity contribution in [2.24, 2.45) is 5.92 Å². The Morgan fingerprint density at radius 2 is 1.82 bits per heavy atom. The van der Waals surface area contributed by atoms with Crippen molar-refractivity contribution in [1.82, 2.24) is 0 Å². The van der Waals surface area contributed by atoms with Crippen LogP contribution in [-0.2, 0) is 9.59 Å². The number of fused-ring (bicyclic) bond motifs is 1. The van der Waals surface area contributed by atoms with E-state index in [0.717, 1.165) is 22.7 Å². The molecule has 0 radical (unpaired) electrons. The topological polar surface area (TPSA) is 49.9 Å². The van der Waals surface area contributed by atoms with Gasteiger partial charge in [-0.2, -0.15) is 0 Å². The van der Waals surface area contributed by atoms with Crippen LogP contribution in [0.1, 0.15) is 19.8 Å². The third kappa shape index (κ3) is 3.49. The van der Waals surface area contributed by atoms with Crippen LogP contribution in [-0.4, -0.2) is 37.3 Å². The van der Waals surface area contributed by atoms with Gasteiger partial charge in [0.15, 0.2) is 0 Å². The third-order valence-electron chi connectivity index (χ3n) is 5.36. The van der Waals surface area contributed by atoms with E-state index in [1.165, 1.54) is 0 Å². The number of benzene rings is 2. The monoisotopic (exact) mass is 396 g/mol. The Labute approximate surface area is 169 Å². The number of anilines is 2. The van der Waals surface area contributed by atoms with E-state index in [0.29, 0.717) is 24.1 Å². The largest absolute Gasteiger partial charge is 0.495 e. The van der Waals surface area contributed by atoms with Gasteiger partial charge in [0.25, 0.3) is 0 Å². The number of ether oxygens (including phenoxy) is 1. The number of nitrogens with zero attached hydrogens (tertiary/aromatic N) is 2. The molecule has 5 nitrogen and oxygen atoms in total. The molecule has 0 aromatic heterocycles. The van der Waals surface area contributed by atoms with E-state index in [2.05, 4.69) is 13.0 Å². The minimum absolute atomic E-state index is 0.0336. The number of amides is 2. The lowest BCUT2D eigenvalue weighted by Crippen LogP contribution is -2.38. The van der Waals surface area contributed by atoms with Crippen LogP contribution < -0.4 is 14.5 Å². The molecule has 0 N–H and O–H groups in total. The number of carbonyl (C=O) groups excluding carboxylic acids is 2. The maximum Gasteiger partial charge on any atom is 0.232 e. The Balaban J connectivity index is 1.59. The molecule has 4 rings (SSSR count). The molecule has 1 saturated heterocycles. The fourth-order valence-corrected chi connectivity index (χ4v) is 5.01. The van der Waals surface area contributed by atoms with Crippen LogP contribution in [0.15, 0.2) is 53.4 Å². The van der Waals surface area contributed by atoms with E-state index in [4.69, 9.17) is 4.74 Å². The Kier molecular flexibility index (Phi) is 5.31. The molecule has 2 amide bonds. The molecule has 146 valence electrons.